The smallest absolute Gasteiger partial charge is 0.231 e. The number of fused-ring (bicyclic) bond motifs is 7. The largest absolute Gasteiger partial charge is 0.454 e. The van der Waals surface area contributed by atoms with E-state index in [1.54, 1.807) is 0 Å². The molecule has 1 N–H and O–H groups in total. The van der Waals surface area contributed by atoms with E-state index in [1.165, 1.54) is 26.8 Å². The van der Waals surface area contributed by atoms with Crippen molar-refractivity contribution in [3.63, 3.8) is 0 Å². The lowest BCUT2D eigenvalue weighted by Gasteiger charge is -2.30. The van der Waals surface area contributed by atoms with Gasteiger partial charge in [0.2, 0.25) is 13.6 Å². The minimum absolute atomic E-state index is 0.224. The van der Waals surface area contributed by atoms with Gasteiger partial charge in [-0.3, -0.25) is 0 Å². The van der Waals surface area contributed by atoms with Gasteiger partial charge in [0.15, 0.2) is 23.0 Å². The van der Waals surface area contributed by atoms with E-state index in [0.717, 1.165) is 28.2 Å². The van der Waals surface area contributed by atoms with Gasteiger partial charge < -0.3 is 23.8 Å². The van der Waals surface area contributed by atoms with Gasteiger partial charge in [0.25, 0.3) is 0 Å². The molecule has 0 spiro atoms. The van der Waals surface area contributed by atoms with Gasteiger partial charge in [-0.25, -0.2) is 0 Å². The zero-order valence-corrected chi connectivity index (χ0v) is 13.7. The van der Waals surface area contributed by atoms with Crippen LogP contribution in [0.15, 0.2) is 30.3 Å². The van der Waals surface area contributed by atoms with Crippen LogP contribution in [0.3, 0.4) is 0 Å². The van der Waals surface area contributed by atoms with Crippen molar-refractivity contribution in [2.75, 3.05) is 20.6 Å². The minimum Gasteiger partial charge on any atom is -0.454 e. The van der Waals surface area contributed by atoms with Crippen LogP contribution in [0.1, 0.15) is 17.2 Å². The van der Waals surface area contributed by atoms with Crippen LogP contribution in [0.5, 0.6) is 23.0 Å². The molecule has 3 aliphatic heterocycles. The van der Waals surface area contributed by atoms with E-state index in [4.69, 9.17) is 18.9 Å². The molecule has 0 fully saturated rings. The second-order valence-electron chi connectivity index (χ2n) is 6.71. The molecule has 1 aliphatic carbocycles. The Morgan fingerprint density at radius 1 is 0.920 bits per heavy atom. The Bertz CT molecular complexity index is 1090. The van der Waals surface area contributed by atoms with Crippen LogP contribution in [0, 0.1) is 0 Å². The van der Waals surface area contributed by atoms with E-state index in [9.17, 15) is 0 Å². The number of rotatable bonds is 0. The maximum Gasteiger partial charge on any atom is 0.231 e. The molecule has 25 heavy (non-hydrogen) atoms. The Balaban J connectivity index is 1.64. The van der Waals surface area contributed by atoms with Crippen molar-refractivity contribution in [2.45, 2.75) is 6.04 Å². The topological polar surface area (TPSA) is 41.4 Å². The third-order valence-corrected chi connectivity index (χ3v) is 5.36. The lowest BCUT2D eigenvalue weighted by Crippen LogP contribution is -3.06. The van der Waals surface area contributed by atoms with E-state index < -0.39 is 0 Å². The molecule has 0 saturated carbocycles. The van der Waals surface area contributed by atoms with Crippen LogP contribution in [0.4, 0.5) is 0 Å². The first kappa shape index (κ1) is 13.4. The Kier molecular flexibility index (Phi) is 2.45. The quantitative estimate of drug-likeness (QED) is 0.754. The summed E-state index contributed by atoms with van der Waals surface area (Å²) in [5.74, 6) is 3.34. The molecular formula is C20H16NO4+. The second kappa shape index (κ2) is 4.58. The van der Waals surface area contributed by atoms with Gasteiger partial charge in [0.05, 0.1) is 12.3 Å². The SMILES string of the molecule is C[NH+]1C=c2c3c(ccc2=C2C=Cc4cc5c(cc4C21)OCO5)OCO3. The first-order valence-corrected chi connectivity index (χ1v) is 8.39. The average molecular weight is 334 g/mol. The van der Waals surface area contributed by atoms with E-state index >= 15 is 0 Å². The predicted molar refractivity (Wildman–Crippen MR) is 90.9 cm³/mol. The first-order chi connectivity index (χ1) is 12.3. The molecule has 124 valence electrons. The number of benzene rings is 2. The average Bonchev–Trinajstić information content (AvgIpc) is 3.28. The van der Waals surface area contributed by atoms with E-state index in [-0.39, 0.29) is 6.04 Å². The Hall–Kier alpha value is -2.92. The van der Waals surface area contributed by atoms with Crippen LogP contribution >= 0.6 is 0 Å². The first-order valence-electron chi connectivity index (χ1n) is 8.39. The third-order valence-electron chi connectivity index (χ3n) is 5.36. The van der Waals surface area contributed by atoms with Crippen molar-refractivity contribution in [3.05, 3.63) is 51.9 Å². The molecular weight excluding hydrogens is 318 g/mol. The van der Waals surface area contributed by atoms with E-state index in [1.807, 2.05) is 6.07 Å². The lowest BCUT2D eigenvalue weighted by molar-refractivity contribution is -0.821. The van der Waals surface area contributed by atoms with Gasteiger partial charge in [-0.1, -0.05) is 12.2 Å². The van der Waals surface area contributed by atoms with Gasteiger partial charge in [0.1, 0.15) is 12.2 Å². The van der Waals surface area contributed by atoms with Crippen LogP contribution in [0.25, 0.3) is 17.8 Å². The van der Waals surface area contributed by atoms with Gasteiger partial charge >= 0.3 is 0 Å². The maximum absolute atomic E-state index is 5.71. The zero-order valence-electron chi connectivity index (χ0n) is 13.7. The molecule has 0 saturated heterocycles. The maximum atomic E-state index is 5.71. The summed E-state index contributed by atoms with van der Waals surface area (Å²) < 4.78 is 22.4. The summed E-state index contributed by atoms with van der Waals surface area (Å²) in [7, 11) is 2.18. The predicted octanol–water partition coefficient (Wildman–Crippen LogP) is 0.329. The van der Waals surface area contributed by atoms with Gasteiger partial charge in [-0.2, -0.15) is 0 Å². The minimum atomic E-state index is 0.224. The van der Waals surface area contributed by atoms with Gasteiger partial charge in [-0.15, -0.1) is 0 Å². The number of nitrogens with one attached hydrogen (secondary N) is 1. The molecule has 2 atom stereocenters. The molecule has 5 nitrogen and oxygen atoms in total. The van der Waals surface area contributed by atoms with Crippen molar-refractivity contribution in [1.29, 1.82) is 0 Å². The summed E-state index contributed by atoms with van der Waals surface area (Å²) in [6.07, 6.45) is 6.60. The molecule has 2 aromatic rings. The Morgan fingerprint density at radius 3 is 2.64 bits per heavy atom. The summed E-state index contributed by atoms with van der Waals surface area (Å²) in [6, 6.07) is 8.57. The van der Waals surface area contributed by atoms with Gasteiger partial charge in [-0.05, 0) is 29.8 Å². The fraction of sp³-hybridized carbons (Fsp3) is 0.200. The highest BCUT2D eigenvalue weighted by Gasteiger charge is 2.34. The molecule has 4 aliphatic rings. The van der Waals surface area contributed by atoms with E-state index in [0.29, 0.717) is 13.6 Å². The highest BCUT2D eigenvalue weighted by molar-refractivity contribution is 5.80. The number of hydrogen-bond acceptors (Lipinski definition) is 4. The number of ether oxygens (including phenoxy) is 4. The van der Waals surface area contributed by atoms with Crippen molar-refractivity contribution in [1.82, 2.24) is 0 Å². The standard InChI is InChI=1S/C20H15NO4/c1-21-8-15-12(4-5-16-20(15)25-10-22-16)13-3-2-11-6-17-18(24-9-23-17)7-14(11)19(13)21/h2-8,19H,9-10H2,1H3/p+1. The Morgan fingerprint density at radius 2 is 1.72 bits per heavy atom. The molecule has 0 bridgehead atoms. The number of quaternary nitrogens is 1. The fourth-order valence-corrected chi connectivity index (χ4v) is 4.25. The molecule has 0 radical (unpaired) electrons. The molecule has 0 amide bonds. The normalized spacial score (nSPS) is 23.6. The van der Waals surface area contributed by atoms with Crippen LogP contribution < -0.4 is 34.3 Å². The summed E-state index contributed by atoms with van der Waals surface area (Å²) in [5, 5.41) is 2.33. The van der Waals surface area contributed by atoms with Crippen molar-refractivity contribution in [2.24, 2.45) is 0 Å². The molecule has 5 heteroatoms. The van der Waals surface area contributed by atoms with Crippen molar-refractivity contribution < 1.29 is 23.8 Å². The Labute approximate surface area is 144 Å². The lowest BCUT2D eigenvalue weighted by atomic mass is 9.85. The highest BCUT2D eigenvalue weighted by Crippen LogP contribution is 2.41. The molecule has 0 aromatic heterocycles. The molecule has 2 unspecified atom stereocenters. The van der Waals surface area contributed by atoms with Crippen molar-refractivity contribution in [3.8, 4) is 23.0 Å². The summed E-state index contributed by atoms with van der Waals surface area (Å²) in [4.78, 5) is 1.29. The molecule has 2 aromatic carbocycles. The monoisotopic (exact) mass is 334 g/mol. The van der Waals surface area contributed by atoms with E-state index in [2.05, 4.69) is 43.6 Å². The molecule has 3 heterocycles. The highest BCUT2D eigenvalue weighted by atomic mass is 16.7. The summed E-state index contributed by atoms with van der Waals surface area (Å²) in [6.45, 7) is 0.587. The van der Waals surface area contributed by atoms with Crippen molar-refractivity contribution >= 4 is 17.8 Å². The van der Waals surface area contributed by atoms with Gasteiger partial charge in [0, 0.05) is 16.4 Å². The second-order valence-corrected chi connectivity index (χ2v) is 6.71. The molecule has 6 rings (SSSR count). The third kappa shape index (κ3) is 1.71. The zero-order chi connectivity index (χ0) is 16.5. The summed E-state index contributed by atoms with van der Waals surface area (Å²) >= 11 is 0. The fourth-order valence-electron chi connectivity index (χ4n) is 4.25. The van der Waals surface area contributed by atoms with Crippen LogP contribution in [-0.2, 0) is 0 Å². The van der Waals surface area contributed by atoms with Crippen LogP contribution in [0.2, 0.25) is 0 Å². The van der Waals surface area contributed by atoms with Crippen LogP contribution in [-0.4, -0.2) is 20.6 Å². The summed E-state index contributed by atoms with van der Waals surface area (Å²) in [5.41, 5.74) is 3.74. The number of hydrogen-bond donors (Lipinski definition) is 1.